The number of nitrogens with one attached hydrogen (secondary N) is 1. The van der Waals surface area contributed by atoms with E-state index in [2.05, 4.69) is 12.2 Å². The Hall–Kier alpha value is -1.30. The second kappa shape index (κ2) is 10.5. The molecule has 0 aliphatic heterocycles. The Bertz CT molecular complexity index is 371. The van der Waals surface area contributed by atoms with E-state index < -0.39 is 0 Å². The summed E-state index contributed by atoms with van der Waals surface area (Å²) < 4.78 is 21.3. The number of methoxy groups -OCH3 is 2. The van der Waals surface area contributed by atoms with E-state index in [-0.39, 0.29) is 0 Å². The van der Waals surface area contributed by atoms with Gasteiger partial charge in [0.1, 0.15) is 24.7 Å². The van der Waals surface area contributed by atoms with Crippen molar-refractivity contribution in [2.45, 2.75) is 13.5 Å². The van der Waals surface area contributed by atoms with Gasteiger partial charge in [0.05, 0.1) is 13.2 Å². The third-order valence-corrected chi connectivity index (χ3v) is 2.71. The summed E-state index contributed by atoms with van der Waals surface area (Å²) in [5.41, 5.74) is 1.11. The van der Waals surface area contributed by atoms with Crippen molar-refractivity contribution in [1.29, 1.82) is 0 Å². The summed E-state index contributed by atoms with van der Waals surface area (Å²) >= 11 is 0. The number of hydrogen-bond donors (Lipinski definition) is 1. The molecule has 0 fully saturated rings. The molecule has 0 aromatic heterocycles. The lowest BCUT2D eigenvalue weighted by molar-refractivity contribution is 0.142. The maximum atomic E-state index is 5.75. The van der Waals surface area contributed by atoms with Crippen LogP contribution in [0.4, 0.5) is 0 Å². The van der Waals surface area contributed by atoms with E-state index >= 15 is 0 Å². The number of benzene rings is 1. The smallest absolute Gasteiger partial charge is 0.127 e. The number of hydrogen-bond acceptors (Lipinski definition) is 5. The fourth-order valence-electron chi connectivity index (χ4n) is 1.64. The molecule has 114 valence electrons. The summed E-state index contributed by atoms with van der Waals surface area (Å²) in [6, 6.07) is 5.89. The van der Waals surface area contributed by atoms with Gasteiger partial charge in [-0.15, -0.1) is 0 Å². The molecule has 0 spiro atoms. The van der Waals surface area contributed by atoms with Crippen LogP contribution in [0.25, 0.3) is 0 Å². The van der Waals surface area contributed by atoms with Gasteiger partial charge < -0.3 is 24.3 Å². The third-order valence-electron chi connectivity index (χ3n) is 2.71. The lowest BCUT2D eigenvalue weighted by Crippen LogP contribution is -2.14. The molecule has 1 aromatic rings. The zero-order valence-corrected chi connectivity index (χ0v) is 12.6. The minimum Gasteiger partial charge on any atom is -0.491 e. The molecular formula is C15H25NO4. The predicted molar refractivity (Wildman–Crippen MR) is 78.6 cm³/mol. The summed E-state index contributed by atoms with van der Waals surface area (Å²) in [5, 5.41) is 3.30. The first kappa shape index (κ1) is 16.8. The molecule has 20 heavy (non-hydrogen) atoms. The average Bonchev–Trinajstić information content (AvgIpc) is 2.47. The van der Waals surface area contributed by atoms with Crippen molar-refractivity contribution in [3.63, 3.8) is 0 Å². The second-order valence-corrected chi connectivity index (χ2v) is 4.23. The van der Waals surface area contributed by atoms with Gasteiger partial charge in [0.15, 0.2) is 0 Å². The van der Waals surface area contributed by atoms with Crippen molar-refractivity contribution >= 4 is 0 Å². The van der Waals surface area contributed by atoms with E-state index in [1.807, 2.05) is 18.2 Å². The molecule has 5 nitrogen and oxygen atoms in total. The van der Waals surface area contributed by atoms with Crippen LogP contribution in [-0.2, 0) is 16.0 Å². The maximum absolute atomic E-state index is 5.75. The molecule has 1 rings (SSSR count). The third kappa shape index (κ3) is 6.23. The molecule has 0 saturated heterocycles. The Morgan fingerprint density at radius 2 is 1.65 bits per heavy atom. The topological polar surface area (TPSA) is 49.0 Å². The molecule has 5 heteroatoms. The molecule has 0 amide bonds. The van der Waals surface area contributed by atoms with Gasteiger partial charge in [-0.25, -0.2) is 0 Å². The monoisotopic (exact) mass is 283 g/mol. The summed E-state index contributed by atoms with van der Waals surface area (Å²) in [7, 11) is 3.31. The summed E-state index contributed by atoms with van der Waals surface area (Å²) in [6.07, 6.45) is 0. The van der Waals surface area contributed by atoms with Crippen LogP contribution in [-0.4, -0.2) is 47.2 Å². The fourth-order valence-corrected chi connectivity index (χ4v) is 1.64. The number of ether oxygens (including phenoxy) is 4. The van der Waals surface area contributed by atoms with Gasteiger partial charge in [0, 0.05) is 32.4 Å². The van der Waals surface area contributed by atoms with Gasteiger partial charge in [-0.2, -0.15) is 0 Å². The zero-order chi connectivity index (χ0) is 14.6. The van der Waals surface area contributed by atoms with Gasteiger partial charge >= 0.3 is 0 Å². The van der Waals surface area contributed by atoms with Crippen molar-refractivity contribution in [3.05, 3.63) is 23.8 Å². The van der Waals surface area contributed by atoms with Crippen LogP contribution in [0, 0.1) is 0 Å². The first-order valence-electron chi connectivity index (χ1n) is 6.89. The minimum absolute atomic E-state index is 0.525. The molecule has 0 heterocycles. The lowest BCUT2D eigenvalue weighted by atomic mass is 10.2. The van der Waals surface area contributed by atoms with Gasteiger partial charge in [0.25, 0.3) is 0 Å². The molecule has 0 aliphatic rings. The van der Waals surface area contributed by atoms with Crippen LogP contribution in [0.1, 0.15) is 12.5 Å². The van der Waals surface area contributed by atoms with E-state index in [1.165, 1.54) is 0 Å². The first-order chi connectivity index (χ1) is 9.81. The van der Waals surface area contributed by atoms with Gasteiger partial charge in [-0.1, -0.05) is 13.0 Å². The Labute approximate surface area is 121 Å². The van der Waals surface area contributed by atoms with Crippen molar-refractivity contribution in [3.8, 4) is 11.5 Å². The fraction of sp³-hybridized carbons (Fsp3) is 0.600. The normalized spacial score (nSPS) is 10.6. The Morgan fingerprint density at radius 3 is 2.30 bits per heavy atom. The molecule has 0 saturated carbocycles. The second-order valence-electron chi connectivity index (χ2n) is 4.23. The molecule has 1 N–H and O–H groups in total. The van der Waals surface area contributed by atoms with Crippen molar-refractivity contribution in [2.75, 3.05) is 47.2 Å². The Morgan fingerprint density at radius 1 is 0.950 bits per heavy atom. The highest BCUT2D eigenvalue weighted by atomic mass is 16.5. The van der Waals surface area contributed by atoms with Crippen LogP contribution in [0.5, 0.6) is 11.5 Å². The van der Waals surface area contributed by atoms with Crippen LogP contribution < -0.4 is 14.8 Å². The predicted octanol–water partition coefficient (Wildman–Crippen LogP) is 1.85. The summed E-state index contributed by atoms with van der Waals surface area (Å²) in [6.45, 7) is 5.96. The van der Waals surface area contributed by atoms with Crippen LogP contribution in [0.3, 0.4) is 0 Å². The average molecular weight is 283 g/mol. The molecule has 0 unspecified atom stereocenters. The zero-order valence-electron chi connectivity index (χ0n) is 12.6. The van der Waals surface area contributed by atoms with E-state index in [9.17, 15) is 0 Å². The maximum Gasteiger partial charge on any atom is 0.127 e. The van der Waals surface area contributed by atoms with Crippen LogP contribution in [0.15, 0.2) is 18.2 Å². The molecular weight excluding hydrogens is 258 g/mol. The highest BCUT2D eigenvalue weighted by molar-refractivity contribution is 5.40. The number of rotatable bonds is 11. The van der Waals surface area contributed by atoms with Gasteiger partial charge in [-0.3, -0.25) is 0 Å². The lowest BCUT2D eigenvalue weighted by Gasteiger charge is -2.14. The minimum atomic E-state index is 0.525. The highest BCUT2D eigenvalue weighted by Gasteiger charge is 2.06. The van der Waals surface area contributed by atoms with Crippen LogP contribution >= 0.6 is 0 Å². The first-order valence-corrected chi connectivity index (χ1v) is 6.89. The highest BCUT2D eigenvalue weighted by Crippen LogP contribution is 2.25. The summed E-state index contributed by atoms with van der Waals surface area (Å²) in [4.78, 5) is 0. The standard InChI is InChI=1S/C15H25NO4/c1-4-16-12-13-5-6-14(19-9-7-17-2)11-15(13)20-10-8-18-3/h5-6,11,16H,4,7-10,12H2,1-3H3. The van der Waals surface area contributed by atoms with Gasteiger partial charge in [-0.05, 0) is 12.6 Å². The summed E-state index contributed by atoms with van der Waals surface area (Å²) in [5.74, 6) is 1.62. The van der Waals surface area contributed by atoms with Gasteiger partial charge in [0.2, 0.25) is 0 Å². The van der Waals surface area contributed by atoms with E-state index in [0.717, 1.165) is 30.2 Å². The van der Waals surface area contributed by atoms with E-state index in [0.29, 0.717) is 26.4 Å². The van der Waals surface area contributed by atoms with E-state index in [4.69, 9.17) is 18.9 Å². The van der Waals surface area contributed by atoms with Crippen molar-refractivity contribution in [1.82, 2.24) is 5.32 Å². The van der Waals surface area contributed by atoms with Crippen molar-refractivity contribution in [2.24, 2.45) is 0 Å². The SMILES string of the molecule is CCNCc1ccc(OCCOC)cc1OCCOC. The molecule has 1 aromatic carbocycles. The van der Waals surface area contributed by atoms with Crippen LogP contribution in [0.2, 0.25) is 0 Å². The van der Waals surface area contributed by atoms with E-state index in [1.54, 1.807) is 14.2 Å². The largest absolute Gasteiger partial charge is 0.491 e. The molecule has 0 radical (unpaired) electrons. The molecule has 0 aliphatic carbocycles. The molecule has 0 atom stereocenters. The Balaban J connectivity index is 2.67. The quantitative estimate of drug-likeness (QED) is 0.628. The Kier molecular flexibility index (Phi) is 8.78. The van der Waals surface area contributed by atoms with Crippen molar-refractivity contribution < 1.29 is 18.9 Å². The molecule has 0 bridgehead atoms.